The molecule has 0 saturated carbocycles. The normalized spacial score (nSPS) is 12.9. The van der Waals surface area contributed by atoms with E-state index < -0.39 is 5.97 Å². The van der Waals surface area contributed by atoms with Gasteiger partial charge in [-0.15, -0.1) is 0 Å². The molecule has 0 spiro atoms. The number of benzene rings is 1. The van der Waals surface area contributed by atoms with E-state index >= 15 is 0 Å². The number of hydrogen-bond acceptors (Lipinski definition) is 5. The van der Waals surface area contributed by atoms with E-state index in [4.69, 9.17) is 5.73 Å². The number of hydrogen-bond donors (Lipinski definition) is 3. The van der Waals surface area contributed by atoms with Crippen molar-refractivity contribution >= 4 is 23.5 Å². The first-order valence-electron chi connectivity index (χ1n) is 7.32. The van der Waals surface area contributed by atoms with Crippen LogP contribution in [0, 0.1) is 5.92 Å². The lowest BCUT2D eigenvalue weighted by Crippen LogP contribution is -2.34. The molecule has 0 radical (unpaired) electrons. The Kier molecular flexibility index (Phi) is 7.21. The van der Waals surface area contributed by atoms with Gasteiger partial charge in [0.15, 0.2) is 0 Å². The highest BCUT2D eigenvalue weighted by atomic mass is 16.5. The number of nitrogens with two attached hydrogens (primary N) is 1. The Morgan fingerprint density at radius 1 is 1.17 bits per heavy atom. The Hall–Kier alpha value is -2.41. The van der Waals surface area contributed by atoms with Crippen LogP contribution in [0.2, 0.25) is 0 Å². The number of amides is 2. The van der Waals surface area contributed by atoms with Crippen LogP contribution in [0.3, 0.4) is 0 Å². The number of carbonyl (C=O) groups excluding carboxylic acids is 3. The van der Waals surface area contributed by atoms with E-state index in [0.717, 1.165) is 5.56 Å². The highest BCUT2D eigenvalue weighted by molar-refractivity contribution is 5.92. The SMILES string of the molecule is COC(=O)CNC(=O)Cc1ccc(NC(=O)C(C)C(C)N)cc1. The molecule has 0 saturated heterocycles. The molecule has 2 unspecified atom stereocenters. The molecule has 7 heteroatoms. The number of esters is 1. The first-order valence-corrected chi connectivity index (χ1v) is 7.32. The van der Waals surface area contributed by atoms with E-state index in [9.17, 15) is 14.4 Å². The molecule has 0 aromatic heterocycles. The van der Waals surface area contributed by atoms with Gasteiger partial charge in [0.1, 0.15) is 6.54 Å². The van der Waals surface area contributed by atoms with Crippen LogP contribution < -0.4 is 16.4 Å². The summed E-state index contributed by atoms with van der Waals surface area (Å²) in [6.07, 6.45) is 0.140. The smallest absolute Gasteiger partial charge is 0.325 e. The molecule has 1 aromatic carbocycles. The second-order valence-corrected chi connectivity index (χ2v) is 5.36. The summed E-state index contributed by atoms with van der Waals surface area (Å²) < 4.78 is 4.44. The van der Waals surface area contributed by atoms with E-state index in [2.05, 4.69) is 15.4 Å². The zero-order chi connectivity index (χ0) is 17.4. The Labute approximate surface area is 135 Å². The largest absolute Gasteiger partial charge is 0.468 e. The fourth-order valence-electron chi connectivity index (χ4n) is 1.69. The van der Waals surface area contributed by atoms with E-state index in [1.165, 1.54) is 7.11 Å². The standard InChI is InChI=1S/C16H23N3O4/c1-10(11(2)17)16(22)19-13-6-4-12(5-7-13)8-14(20)18-9-15(21)23-3/h4-7,10-11H,8-9,17H2,1-3H3,(H,18,20)(H,19,22). The number of methoxy groups -OCH3 is 1. The van der Waals surface area contributed by atoms with Gasteiger partial charge in [0, 0.05) is 11.7 Å². The van der Waals surface area contributed by atoms with Gasteiger partial charge in [0.05, 0.1) is 19.4 Å². The lowest BCUT2D eigenvalue weighted by Gasteiger charge is -2.15. The number of nitrogens with one attached hydrogen (secondary N) is 2. The van der Waals surface area contributed by atoms with Crippen molar-refractivity contribution in [3.63, 3.8) is 0 Å². The molecule has 2 amide bonds. The molecule has 0 aliphatic carbocycles. The first-order chi connectivity index (χ1) is 10.8. The first kappa shape index (κ1) is 18.6. The number of anilines is 1. The van der Waals surface area contributed by atoms with Crippen molar-refractivity contribution in [2.24, 2.45) is 11.7 Å². The molecule has 1 aromatic rings. The summed E-state index contributed by atoms with van der Waals surface area (Å²) in [6, 6.07) is 6.68. The number of ether oxygens (including phenoxy) is 1. The monoisotopic (exact) mass is 321 g/mol. The predicted octanol–water partition coefficient (Wildman–Crippen LogP) is 0.440. The zero-order valence-electron chi connectivity index (χ0n) is 13.6. The summed E-state index contributed by atoms with van der Waals surface area (Å²) in [7, 11) is 1.26. The van der Waals surface area contributed by atoms with Gasteiger partial charge in [-0.1, -0.05) is 19.1 Å². The topological polar surface area (TPSA) is 111 Å². The molecule has 23 heavy (non-hydrogen) atoms. The Bertz CT molecular complexity index is 555. The molecule has 0 fully saturated rings. The molecule has 0 aliphatic rings. The minimum Gasteiger partial charge on any atom is -0.468 e. The van der Waals surface area contributed by atoms with E-state index in [1.807, 2.05) is 0 Å². The lowest BCUT2D eigenvalue weighted by atomic mass is 10.0. The summed E-state index contributed by atoms with van der Waals surface area (Å²) in [5.74, 6) is -1.22. The van der Waals surface area contributed by atoms with E-state index in [0.29, 0.717) is 5.69 Å². The van der Waals surface area contributed by atoms with Crippen molar-refractivity contribution in [2.75, 3.05) is 19.0 Å². The van der Waals surface area contributed by atoms with Gasteiger partial charge in [0.25, 0.3) is 0 Å². The maximum atomic E-state index is 11.9. The second-order valence-electron chi connectivity index (χ2n) is 5.36. The fraction of sp³-hybridized carbons (Fsp3) is 0.438. The maximum Gasteiger partial charge on any atom is 0.325 e. The summed E-state index contributed by atoms with van der Waals surface area (Å²) in [4.78, 5) is 34.5. The Morgan fingerprint density at radius 2 is 1.78 bits per heavy atom. The molecule has 0 bridgehead atoms. The van der Waals surface area contributed by atoms with Gasteiger partial charge in [-0.2, -0.15) is 0 Å². The second kappa shape index (κ2) is 8.89. The quantitative estimate of drug-likeness (QED) is 0.631. The van der Waals surface area contributed by atoms with Gasteiger partial charge in [-0.05, 0) is 24.6 Å². The van der Waals surface area contributed by atoms with Crippen LogP contribution in [0.5, 0.6) is 0 Å². The third-order valence-corrected chi connectivity index (χ3v) is 3.45. The van der Waals surface area contributed by atoms with Crippen LogP contribution in [0.15, 0.2) is 24.3 Å². The zero-order valence-corrected chi connectivity index (χ0v) is 13.6. The van der Waals surface area contributed by atoms with Crippen molar-refractivity contribution in [1.29, 1.82) is 0 Å². The highest BCUT2D eigenvalue weighted by Gasteiger charge is 2.17. The van der Waals surface area contributed by atoms with Crippen LogP contribution in [0.1, 0.15) is 19.4 Å². The minimum absolute atomic E-state index is 0.140. The van der Waals surface area contributed by atoms with E-state index in [-0.39, 0.29) is 36.7 Å². The average Bonchev–Trinajstić information content (AvgIpc) is 2.53. The Balaban J connectivity index is 2.51. The van der Waals surface area contributed by atoms with Crippen molar-refractivity contribution in [3.05, 3.63) is 29.8 Å². The lowest BCUT2D eigenvalue weighted by molar-refractivity contribution is -0.141. The summed E-state index contributed by atoms with van der Waals surface area (Å²) in [6.45, 7) is 3.39. The predicted molar refractivity (Wildman–Crippen MR) is 86.6 cm³/mol. The average molecular weight is 321 g/mol. The molecule has 7 nitrogen and oxygen atoms in total. The third-order valence-electron chi connectivity index (χ3n) is 3.45. The van der Waals surface area contributed by atoms with Crippen molar-refractivity contribution in [3.8, 4) is 0 Å². The van der Waals surface area contributed by atoms with Crippen LogP contribution in [-0.2, 0) is 25.5 Å². The molecule has 0 aliphatic heterocycles. The molecular formula is C16H23N3O4. The van der Waals surface area contributed by atoms with Gasteiger partial charge in [-0.3, -0.25) is 14.4 Å². The molecule has 126 valence electrons. The number of rotatable bonds is 7. The molecule has 4 N–H and O–H groups in total. The van der Waals surface area contributed by atoms with Gasteiger partial charge >= 0.3 is 5.97 Å². The van der Waals surface area contributed by atoms with Crippen molar-refractivity contribution in [1.82, 2.24) is 5.32 Å². The third kappa shape index (κ3) is 6.48. The van der Waals surface area contributed by atoms with Crippen LogP contribution in [0.4, 0.5) is 5.69 Å². The van der Waals surface area contributed by atoms with Crippen molar-refractivity contribution in [2.45, 2.75) is 26.3 Å². The minimum atomic E-state index is -0.500. The van der Waals surface area contributed by atoms with Crippen LogP contribution >= 0.6 is 0 Å². The molecular weight excluding hydrogens is 298 g/mol. The van der Waals surface area contributed by atoms with Crippen LogP contribution in [-0.4, -0.2) is 37.5 Å². The summed E-state index contributed by atoms with van der Waals surface area (Å²) >= 11 is 0. The van der Waals surface area contributed by atoms with Crippen molar-refractivity contribution < 1.29 is 19.1 Å². The molecule has 1 rings (SSSR count). The maximum absolute atomic E-state index is 11.9. The fourth-order valence-corrected chi connectivity index (χ4v) is 1.69. The van der Waals surface area contributed by atoms with Gasteiger partial charge < -0.3 is 21.1 Å². The number of carbonyl (C=O) groups is 3. The molecule has 0 heterocycles. The van der Waals surface area contributed by atoms with Crippen LogP contribution in [0.25, 0.3) is 0 Å². The van der Waals surface area contributed by atoms with Gasteiger partial charge in [0.2, 0.25) is 11.8 Å². The van der Waals surface area contributed by atoms with E-state index in [1.54, 1.807) is 38.1 Å². The Morgan fingerprint density at radius 3 is 2.30 bits per heavy atom. The van der Waals surface area contributed by atoms with Gasteiger partial charge in [-0.25, -0.2) is 0 Å². The summed E-state index contributed by atoms with van der Waals surface area (Å²) in [5.41, 5.74) is 7.10. The summed E-state index contributed by atoms with van der Waals surface area (Å²) in [5, 5.41) is 5.23. The molecule has 2 atom stereocenters. The highest BCUT2D eigenvalue weighted by Crippen LogP contribution is 2.12.